The van der Waals surface area contributed by atoms with Crippen LogP contribution in [0.25, 0.3) is 0 Å². The molecule has 2 aliphatic rings. The van der Waals surface area contributed by atoms with E-state index in [0.29, 0.717) is 16.7 Å². The van der Waals surface area contributed by atoms with Crippen molar-refractivity contribution in [3.63, 3.8) is 0 Å². The Hall–Kier alpha value is -1.62. The molecule has 1 aromatic rings. The van der Waals surface area contributed by atoms with Gasteiger partial charge in [0, 0.05) is 12.7 Å². The van der Waals surface area contributed by atoms with Crippen molar-refractivity contribution in [1.82, 2.24) is 10.3 Å². The van der Waals surface area contributed by atoms with Crippen molar-refractivity contribution < 1.29 is 4.79 Å². The number of amides is 1. The molecule has 0 atom stereocenters. The fourth-order valence-corrected chi connectivity index (χ4v) is 2.64. The molecule has 0 aromatic carbocycles. The number of nitrogens with zero attached hydrogens (tertiary/aromatic N) is 1. The zero-order chi connectivity index (χ0) is 12.6. The summed E-state index contributed by atoms with van der Waals surface area (Å²) in [7, 11) is 0. The lowest BCUT2D eigenvalue weighted by Crippen LogP contribution is -2.32. The fourth-order valence-electron chi connectivity index (χ4n) is 2.64. The molecule has 2 saturated carbocycles. The van der Waals surface area contributed by atoms with Gasteiger partial charge in [0.1, 0.15) is 0 Å². The van der Waals surface area contributed by atoms with Crippen LogP contribution in [0.15, 0.2) is 18.5 Å². The summed E-state index contributed by atoms with van der Waals surface area (Å²) in [6, 6.07) is 1.68. The molecule has 0 aliphatic heterocycles. The van der Waals surface area contributed by atoms with Gasteiger partial charge in [0.05, 0.1) is 17.4 Å². The molecule has 0 radical (unpaired) electrons. The molecule has 96 valence electrons. The molecule has 4 N–H and O–H groups in total. The minimum absolute atomic E-state index is 0.0720. The third kappa shape index (κ3) is 2.06. The van der Waals surface area contributed by atoms with Crippen LogP contribution in [0.4, 0.5) is 5.69 Å². The normalized spacial score (nSPS) is 20.3. The van der Waals surface area contributed by atoms with E-state index < -0.39 is 0 Å². The summed E-state index contributed by atoms with van der Waals surface area (Å²) in [5, 5.41) is 3.04. The lowest BCUT2D eigenvalue weighted by molar-refractivity contribution is 0.0943. The van der Waals surface area contributed by atoms with Gasteiger partial charge in [0.2, 0.25) is 0 Å². The number of nitrogens with two attached hydrogens (primary N) is 1. The molecule has 0 bridgehead atoms. The van der Waals surface area contributed by atoms with Gasteiger partial charge in [0.25, 0.3) is 5.91 Å². The SMILES string of the molecule is NNc1cnccc1C(=O)NCC1(C2CC2)CC1. The maximum Gasteiger partial charge on any atom is 0.253 e. The molecule has 1 aromatic heterocycles. The van der Waals surface area contributed by atoms with E-state index in [-0.39, 0.29) is 5.91 Å². The lowest BCUT2D eigenvalue weighted by Gasteiger charge is -2.15. The van der Waals surface area contributed by atoms with Gasteiger partial charge in [-0.25, -0.2) is 0 Å². The van der Waals surface area contributed by atoms with Gasteiger partial charge in [-0.05, 0) is 43.1 Å². The smallest absolute Gasteiger partial charge is 0.253 e. The second kappa shape index (κ2) is 4.24. The molecule has 0 saturated heterocycles. The highest BCUT2D eigenvalue weighted by Gasteiger charge is 2.53. The van der Waals surface area contributed by atoms with Crippen molar-refractivity contribution in [2.45, 2.75) is 25.7 Å². The maximum absolute atomic E-state index is 12.1. The van der Waals surface area contributed by atoms with Crippen molar-refractivity contribution in [3.8, 4) is 0 Å². The number of hydrogen-bond acceptors (Lipinski definition) is 4. The molecule has 18 heavy (non-hydrogen) atoms. The van der Waals surface area contributed by atoms with E-state index in [0.717, 1.165) is 12.5 Å². The van der Waals surface area contributed by atoms with E-state index in [2.05, 4.69) is 15.7 Å². The van der Waals surface area contributed by atoms with Gasteiger partial charge < -0.3 is 10.7 Å². The summed E-state index contributed by atoms with van der Waals surface area (Å²) < 4.78 is 0. The summed E-state index contributed by atoms with van der Waals surface area (Å²) >= 11 is 0. The number of hydrazine groups is 1. The van der Waals surface area contributed by atoms with Crippen LogP contribution in [0.3, 0.4) is 0 Å². The van der Waals surface area contributed by atoms with E-state index >= 15 is 0 Å². The van der Waals surface area contributed by atoms with Gasteiger partial charge in [-0.2, -0.15) is 0 Å². The monoisotopic (exact) mass is 246 g/mol. The Kier molecular flexibility index (Phi) is 2.70. The first kappa shape index (κ1) is 11.5. The Morgan fingerprint density at radius 1 is 1.50 bits per heavy atom. The van der Waals surface area contributed by atoms with Crippen molar-refractivity contribution in [2.24, 2.45) is 17.2 Å². The lowest BCUT2D eigenvalue weighted by atomic mass is 10.0. The highest BCUT2D eigenvalue weighted by atomic mass is 16.1. The molecular weight excluding hydrogens is 228 g/mol. The topological polar surface area (TPSA) is 80.0 Å². The molecule has 5 nitrogen and oxygen atoms in total. The van der Waals surface area contributed by atoms with Crippen molar-refractivity contribution in [3.05, 3.63) is 24.0 Å². The summed E-state index contributed by atoms with van der Waals surface area (Å²) in [4.78, 5) is 16.0. The highest BCUT2D eigenvalue weighted by Crippen LogP contribution is 2.60. The second-order valence-electron chi connectivity index (χ2n) is 5.38. The number of anilines is 1. The van der Waals surface area contributed by atoms with Crippen LogP contribution < -0.4 is 16.6 Å². The van der Waals surface area contributed by atoms with Crippen LogP contribution >= 0.6 is 0 Å². The second-order valence-corrected chi connectivity index (χ2v) is 5.38. The first-order valence-corrected chi connectivity index (χ1v) is 6.44. The van der Waals surface area contributed by atoms with E-state index in [4.69, 9.17) is 5.84 Å². The van der Waals surface area contributed by atoms with E-state index in [1.165, 1.54) is 25.7 Å². The molecule has 0 spiro atoms. The van der Waals surface area contributed by atoms with Crippen LogP contribution in [0, 0.1) is 11.3 Å². The number of pyridine rings is 1. The minimum Gasteiger partial charge on any atom is -0.351 e. The first-order chi connectivity index (χ1) is 8.75. The molecule has 2 fully saturated rings. The van der Waals surface area contributed by atoms with Crippen LogP contribution in [0.2, 0.25) is 0 Å². The number of aromatic nitrogens is 1. The summed E-state index contributed by atoms with van der Waals surface area (Å²) in [6.07, 6.45) is 8.35. The molecule has 1 heterocycles. The largest absolute Gasteiger partial charge is 0.351 e. The molecule has 5 heteroatoms. The summed E-state index contributed by atoms with van der Waals surface area (Å²) in [5.41, 5.74) is 4.03. The number of nitrogens with one attached hydrogen (secondary N) is 2. The number of carbonyl (C=O) groups is 1. The first-order valence-electron chi connectivity index (χ1n) is 6.44. The summed E-state index contributed by atoms with van der Waals surface area (Å²) in [6.45, 7) is 0.794. The van der Waals surface area contributed by atoms with E-state index in [1.54, 1.807) is 18.5 Å². The molecular formula is C13H18N4O. The number of nitrogen functional groups attached to an aromatic ring is 1. The average Bonchev–Trinajstić information content (AvgIpc) is 3.28. The van der Waals surface area contributed by atoms with Gasteiger partial charge in [-0.15, -0.1) is 0 Å². The van der Waals surface area contributed by atoms with Gasteiger partial charge in [-0.1, -0.05) is 0 Å². The number of hydrogen-bond donors (Lipinski definition) is 3. The quantitative estimate of drug-likeness (QED) is 0.540. The number of carbonyl (C=O) groups excluding carboxylic acids is 1. The van der Waals surface area contributed by atoms with Crippen LogP contribution in [0.5, 0.6) is 0 Å². The molecule has 1 amide bonds. The Labute approximate surface area is 106 Å². The Bertz CT molecular complexity index is 466. The van der Waals surface area contributed by atoms with E-state index in [9.17, 15) is 4.79 Å². The molecule has 2 aliphatic carbocycles. The Morgan fingerprint density at radius 3 is 2.89 bits per heavy atom. The van der Waals surface area contributed by atoms with Crippen molar-refractivity contribution >= 4 is 11.6 Å². The van der Waals surface area contributed by atoms with E-state index in [1.807, 2.05) is 0 Å². The average molecular weight is 246 g/mol. The van der Waals surface area contributed by atoms with Gasteiger partial charge in [0.15, 0.2) is 0 Å². The predicted molar refractivity (Wildman–Crippen MR) is 68.8 cm³/mol. The standard InChI is InChI=1S/C13H18N4O/c14-17-11-7-15-6-3-10(11)12(18)16-8-13(4-5-13)9-1-2-9/h3,6-7,9,17H,1-2,4-5,8,14H2,(H,16,18). The zero-order valence-corrected chi connectivity index (χ0v) is 10.3. The molecule has 3 rings (SSSR count). The van der Waals surface area contributed by atoms with Crippen LogP contribution in [-0.4, -0.2) is 17.4 Å². The molecule has 0 unspecified atom stereocenters. The minimum atomic E-state index is -0.0720. The van der Waals surface area contributed by atoms with Crippen molar-refractivity contribution in [2.75, 3.05) is 12.0 Å². The third-order valence-corrected chi connectivity index (χ3v) is 4.16. The van der Waals surface area contributed by atoms with Crippen molar-refractivity contribution in [1.29, 1.82) is 0 Å². The highest BCUT2D eigenvalue weighted by molar-refractivity contribution is 5.99. The summed E-state index contributed by atoms with van der Waals surface area (Å²) in [5.74, 6) is 6.15. The number of rotatable bonds is 5. The van der Waals surface area contributed by atoms with Gasteiger partial charge in [-0.3, -0.25) is 15.6 Å². The predicted octanol–water partition coefficient (Wildman–Crippen LogP) is 1.29. The Balaban J connectivity index is 1.64. The third-order valence-electron chi connectivity index (χ3n) is 4.16. The van der Waals surface area contributed by atoms with Gasteiger partial charge >= 0.3 is 0 Å². The fraction of sp³-hybridized carbons (Fsp3) is 0.538. The Morgan fingerprint density at radius 2 is 2.28 bits per heavy atom. The van der Waals surface area contributed by atoms with Crippen LogP contribution in [-0.2, 0) is 0 Å². The van der Waals surface area contributed by atoms with Crippen LogP contribution in [0.1, 0.15) is 36.0 Å². The maximum atomic E-state index is 12.1. The zero-order valence-electron chi connectivity index (χ0n) is 10.3.